The summed E-state index contributed by atoms with van der Waals surface area (Å²) in [6, 6.07) is 9.09. The molecule has 204 valence electrons. The number of aryl methyl sites for hydroxylation is 2. The van der Waals surface area contributed by atoms with E-state index in [-0.39, 0.29) is 30.3 Å². The lowest BCUT2D eigenvalue weighted by Crippen LogP contribution is -2.49. The Balaban J connectivity index is 1.24. The molecule has 2 aromatic rings. The first kappa shape index (κ1) is 25.3. The van der Waals surface area contributed by atoms with E-state index in [9.17, 15) is 23.6 Å². The quantitative estimate of drug-likeness (QED) is 0.523. The number of amides is 6. The number of nitrogens with zero attached hydrogens (tertiary/aromatic N) is 2. The van der Waals surface area contributed by atoms with Crippen LogP contribution in [0.5, 0.6) is 0 Å². The van der Waals surface area contributed by atoms with Gasteiger partial charge in [-0.3, -0.25) is 14.5 Å². The minimum absolute atomic E-state index is 0.00402. The van der Waals surface area contributed by atoms with Gasteiger partial charge in [0.05, 0.1) is 0 Å². The van der Waals surface area contributed by atoms with Crippen molar-refractivity contribution in [1.82, 2.24) is 20.4 Å². The van der Waals surface area contributed by atoms with Gasteiger partial charge in [-0.2, -0.15) is 0 Å². The lowest BCUT2D eigenvalue weighted by atomic mass is 9.76. The molecule has 1 spiro atoms. The van der Waals surface area contributed by atoms with Crippen molar-refractivity contribution in [3.8, 4) is 0 Å². The molecule has 1 saturated carbocycles. The van der Waals surface area contributed by atoms with Gasteiger partial charge < -0.3 is 20.9 Å². The van der Waals surface area contributed by atoms with Gasteiger partial charge in [0.15, 0.2) is 0 Å². The van der Waals surface area contributed by atoms with Crippen molar-refractivity contribution in [2.75, 3.05) is 18.9 Å². The summed E-state index contributed by atoms with van der Waals surface area (Å²) in [5.41, 5.74) is 2.77. The molecule has 2 unspecified atom stereocenters. The first-order valence-electron chi connectivity index (χ1n) is 13.6. The lowest BCUT2D eigenvalue weighted by Gasteiger charge is -2.34. The van der Waals surface area contributed by atoms with Gasteiger partial charge in [0.1, 0.15) is 17.9 Å². The first-order chi connectivity index (χ1) is 18.8. The smallest absolute Gasteiger partial charge is 0.325 e. The van der Waals surface area contributed by atoms with Crippen LogP contribution in [0, 0.1) is 11.7 Å². The first-order valence-corrected chi connectivity index (χ1v) is 13.6. The molecular weight excluding hydrogens is 501 g/mol. The molecule has 0 aromatic heterocycles. The van der Waals surface area contributed by atoms with Crippen molar-refractivity contribution in [2.45, 2.75) is 63.1 Å². The van der Waals surface area contributed by atoms with E-state index < -0.39 is 17.5 Å². The van der Waals surface area contributed by atoms with Crippen molar-refractivity contribution < 1.29 is 23.6 Å². The Morgan fingerprint density at radius 2 is 1.87 bits per heavy atom. The molecular formula is C29H32FN5O4. The van der Waals surface area contributed by atoms with E-state index in [4.69, 9.17) is 0 Å². The normalized spacial score (nSPS) is 24.1. The molecule has 6 rings (SSSR count). The zero-order valence-electron chi connectivity index (χ0n) is 21.9. The van der Waals surface area contributed by atoms with Crippen LogP contribution in [0.1, 0.15) is 54.4 Å². The van der Waals surface area contributed by atoms with Gasteiger partial charge in [-0.1, -0.05) is 12.1 Å². The summed E-state index contributed by atoms with van der Waals surface area (Å²) in [7, 11) is 1.53. The Morgan fingerprint density at radius 1 is 1.05 bits per heavy atom. The maximum atomic E-state index is 13.9. The standard InChI is InChI=1S/C29H32FN5O4/c1-31-27(38)32-22-9-10-23-19(14-22)3-2-12-29(23)26(37)35(28(39)33-29)16-25(36)34-15-20-6-8-21(30)13-18(20)7-11-24(34)17-4-5-17/h6,8-10,13-14,17,24H,2-5,7,11-12,15-16H2,1H3,(H,33,39)(H2,31,32,38). The molecule has 2 atom stereocenters. The highest BCUT2D eigenvalue weighted by Gasteiger charge is 2.54. The Bertz CT molecular complexity index is 1380. The Labute approximate surface area is 226 Å². The maximum absolute atomic E-state index is 13.9. The number of benzene rings is 2. The predicted molar refractivity (Wildman–Crippen MR) is 141 cm³/mol. The summed E-state index contributed by atoms with van der Waals surface area (Å²) in [6.45, 7) is 0.00611. The van der Waals surface area contributed by atoms with Crippen LogP contribution < -0.4 is 16.0 Å². The summed E-state index contributed by atoms with van der Waals surface area (Å²) < 4.78 is 13.9. The van der Waals surface area contributed by atoms with Crippen molar-refractivity contribution in [3.63, 3.8) is 0 Å². The Kier molecular flexibility index (Phi) is 6.28. The molecule has 39 heavy (non-hydrogen) atoms. The monoisotopic (exact) mass is 533 g/mol. The van der Waals surface area contributed by atoms with Crippen molar-refractivity contribution in [3.05, 3.63) is 64.5 Å². The topological polar surface area (TPSA) is 111 Å². The average molecular weight is 534 g/mol. The van der Waals surface area contributed by atoms with Crippen LogP contribution in [-0.2, 0) is 34.5 Å². The molecule has 4 aliphatic rings. The van der Waals surface area contributed by atoms with Crippen LogP contribution in [-0.4, -0.2) is 53.3 Å². The van der Waals surface area contributed by atoms with E-state index in [0.29, 0.717) is 49.4 Å². The summed E-state index contributed by atoms with van der Waals surface area (Å²) >= 11 is 0. The third kappa shape index (κ3) is 4.51. The van der Waals surface area contributed by atoms with Gasteiger partial charge in [0.2, 0.25) is 5.91 Å². The molecule has 2 aliphatic heterocycles. The number of carbonyl (C=O) groups is 4. The Morgan fingerprint density at radius 3 is 2.64 bits per heavy atom. The van der Waals surface area contributed by atoms with E-state index in [1.807, 2.05) is 6.07 Å². The van der Waals surface area contributed by atoms with Gasteiger partial charge in [0.25, 0.3) is 5.91 Å². The van der Waals surface area contributed by atoms with Gasteiger partial charge in [0, 0.05) is 25.3 Å². The van der Waals surface area contributed by atoms with Gasteiger partial charge in [-0.25, -0.2) is 14.0 Å². The fraction of sp³-hybridized carbons (Fsp3) is 0.448. The molecule has 2 fully saturated rings. The minimum atomic E-state index is -1.23. The molecule has 2 aromatic carbocycles. The third-order valence-electron chi connectivity index (χ3n) is 8.62. The number of rotatable bonds is 4. The molecule has 1 saturated heterocycles. The summed E-state index contributed by atoms with van der Waals surface area (Å²) in [5.74, 6) is -0.587. The number of carbonyl (C=O) groups excluding carboxylic acids is 4. The number of imide groups is 1. The van der Waals surface area contributed by atoms with Crippen molar-refractivity contribution in [2.24, 2.45) is 5.92 Å². The number of halogens is 1. The van der Waals surface area contributed by atoms with Gasteiger partial charge in [-0.05, 0) is 97.4 Å². The van der Waals surface area contributed by atoms with Gasteiger partial charge in [-0.15, -0.1) is 0 Å². The number of hydrogen-bond donors (Lipinski definition) is 3. The molecule has 2 aliphatic carbocycles. The molecule has 9 nitrogen and oxygen atoms in total. The number of urea groups is 2. The number of hydrogen-bond acceptors (Lipinski definition) is 4. The second kappa shape index (κ2) is 9.66. The second-order valence-corrected chi connectivity index (χ2v) is 11.0. The molecule has 6 amide bonds. The van der Waals surface area contributed by atoms with Crippen LogP contribution in [0.15, 0.2) is 36.4 Å². The third-order valence-corrected chi connectivity index (χ3v) is 8.62. The minimum Gasteiger partial charge on any atom is -0.341 e. The molecule has 0 radical (unpaired) electrons. The largest absolute Gasteiger partial charge is 0.341 e. The van der Waals surface area contributed by atoms with Crippen molar-refractivity contribution >= 4 is 29.6 Å². The SMILES string of the molecule is CNC(=O)Nc1ccc2c(c1)CCCC21NC(=O)N(CC(=O)N2Cc3ccc(F)cc3CCC2C2CC2)C1=O. The fourth-order valence-corrected chi connectivity index (χ4v) is 6.50. The van der Waals surface area contributed by atoms with Crippen LogP contribution >= 0.6 is 0 Å². The van der Waals surface area contributed by atoms with E-state index in [1.165, 1.54) is 13.1 Å². The molecule has 0 bridgehead atoms. The highest BCUT2D eigenvalue weighted by atomic mass is 19.1. The zero-order valence-corrected chi connectivity index (χ0v) is 21.9. The van der Waals surface area contributed by atoms with Crippen LogP contribution in [0.4, 0.5) is 19.7 Å². The molecule has 3 N–H and O–H groups in total. The maximum Gasteiger partial charge on any atom is 0.325 e. The fourth-order valence-electron chi connectivity index (χ4n) is 6.50. The van der Waals surface area contributed by atoms with Gasteiger partial charge >= 0.3 is 12.1 Å². The molecule has 10 heteroatoms. The zero-order chi connectivity index (χ0) is 27.3. The predicted octanol–water partition coefficient (Wildman–Crippen LogP) is 3.41. The summed E-state index contributed by atoms with van der Waals surface area (Å²) in [4.78, 5) is 55.4. The number of anilines is 1. The highest BCUT2D eigenvalue weighted by Crippen LogP contribution is 2.42. The summed E-state index contributed by atoms with van der Waals surface area (Å²) in [6.07, 6.45) is 5.32. The summed E-state index contributed by atoms with van der Waals surface area (Å²) in [5, 5.41) is 8.16. The van der Waals surface area contributed by atoms with Crippen LogP contribution in [0.2, 0.25) is 0 Å². The number of nitrogens with one attached hydrogen (secondary N) is 3. The van der Waals surface area contributed by atoms with Crippen molar-refractivity contribution in [1.29, 1.82) is 0 Å². The van der Waals surface area contributed by atoms with E-state index in [0.717, 1.165) is 40.9 Å². The van der Waals surface area contributed by atoms with Crippen LogP contribution in [0.3, 0.4) is 0 Å². The van der Waals surface area contributed by atoms with E-state index >= 15 is 0 Å². The van der Waals surface area contributed by atoms with E-state index in [1.54, 1.807) is 29.2 Å². The Hall–Kier alpha value is -3.95. The highest BCUT2D eigenvalue weighted by molar-refractivity contribution is 6.09. The second-order valence-electron chi connectivity index (χ2n) is 11.0. The lowest BCUT2D eigenvalue weighted by molar-refractivity contribution is -0.141. The average Bonchev–Trinajstić information content (AvgIpc) is 3.75. The number of fused-ring (bicyclic) bond motifs is 3. The van der Waals surface area contributed by atoms with E-state index in [2.05, 4.69) is 16.0 Å². The van der Waals surface area contributed by atoms with Crippen LogP contribution in [0.25, 0.3) is 0 Å². The molecule has 2 heterocycles.